The van der Waals surface area contributed by atoms with Gasteiger partial charge in [0.1, 0.15) is 11.7 Å². The predicted octanol–water partition coefficient (Wildman–Crippen LogP) is 0.608. The summed E-state index contributed by atoms with van der Waals surface area (Å²) in [4.78, 5) is 30.8. The fourth-order valence-corrected chi connectivity index (χ4v) is 2.17. The third-order valence-electron chi connectivity index (χ3n) is 3.23. The molecule has 1 atom stereocenters. The van der Waals surface area contributed by atoms with Gasteiger partial charge in [-0.25, -0.2) is 4.98 Å². The number of hydrogen-bond acceptors (Lipinski definition) is 3. The van der Waals surface area contributed by atoms with Crippen LogP contribution in [0.25, 0.3) is 6.08 Å². The lowest BCUT2D eigenvalue weighted by molar-refractivity contribution is -0.131. The number of imidazole rings is 1. The van der Waals surface area contributed by atoms with E-state index in [1.54, 1.807) is 12.3 Å². The van der Waals surface area contributed by atoms with Crippen LogP contribution in [0.3, 0.4) is 0 Å². The summed E-state index contributed by atoms with van der Waals surface area (Å²) in [6, 6.07) is 9.01. The Morgan fingerprint density at radius 1 is 1.19 bits per heavy atom. The molecule has 1 aromatic carbocycles. The minimum Gasteiger partial charge on any atom is -0.345 e. The number of H-pyrrole nitrogens is 1. The summed E-state index contributed by atoms with van der Waals surface area (Å²) in [6.07, 6.45) is 5.10. The first-order valence-corrected chi connectivity index (χ1v) is 6.58. The first-order valence-electron chi connectivity index (χ1n) is 6.58. The van der Waals surface area contributed by atoms with E-state index in [0.29, 0.717) is 12.1 Å². The van der Waals surface area contributed by atoms with Gasteiger partial charge in [-0.15, -0.1) is 0 Å². The lowest BCUT2D eigenvalue weighted by atomic mass is 10.0. The lowest BCUT2D eigenvalue weighted by Gasteiger charge is -2.25. The van der Waals surface area contributed by atoms with Gasteiger partial charge in [0.25, 0.3) is 5.91 Å². The molecule has 1 aliphatic heterocycles. The van der Waals surface area contributed by atoms with Crippen LogP contribution in [-0.2, 0) is 16.0 Å². The standard InChI is InChI=1S/C15H14N4O2/c20-14-12(6-10-4-2-1-3-5-10)18-15(21)13(19-14)7-11-8-16-9-17-11/h1-5,7-9,12H,6H2,(H,16,17)(H,18,21)(H,19,20)/b13-7-. The average molecular weight is 282 g/mol. The smallest absolute Gasteiger partial charge is 0.268 e. The van der Waals surface area contributed by atoms with Gasteiger partial charge in [0.2, 0.25) is 5.91 Å². The van der Waals surface area contributed by atoms with Crippen molar-refractivity contribution >= 4 is 17.9 Å². The van der Waals surface area contributed by atoms with Crippen molar-refractivity contribution in [3.63, 3.8) is 0 Å². The van der Waals surface area contributed by atoms with E-state index in [9.17, 15) is 9.59 Å². The minimum atomic E-state index is -0.557. The number of aromatic nitrogens is 2. The Morgan fingerprint density at radius 2 is 2.00 bits per heavy atom. The summed E-state index contributed by atoms with van der Waals surface area (Å²) in [6.45, 7) is 0. The number of nitrogens with zero attached hydrogens (tertiary/aromatic N) is 1. The number of carbonyl (C=O) groups is 2. The molecule has 3 rings (SSSR count). The topological polar surface area (TPSA) is 86.9 Å². The van der Waals surface area contributed by atoms with Crippen molar-refractivity contribution in [3.05, 3.63) is 59.8 Å². The summed E-state index contributed by atoms with van der Waals surface area (Å²) >= 11 is 0. The van der Waals surface area contributed by atoms with Crippen molar-refractivity contribution in [2.24, 2.45) is 0 Å². The molecule has 106 valence electrons. The Hall–Kier alpha value is -2.89. The Morgan fingerprint density at radius 3 is 2.71 bits per heavy atom. The fourth-order valence-electron chi connectivity index (χ4n) is 2.17. The van der Waals surface area contributed by atoms with Crippen molar-refractivity contribution < 1.29 is 9.59 Å². The maximum absolute atomic E-state index is 12.1. The molecule has 21 heavy (non-hydrogen) atoms. The molecule has 2 aromatic rings. The van der Waals surface area contributed by atoms with Crippen molar-refractivity contribution in [3.8, 4) is 0 Å². The van der Waals surface area contributed by atoms with Gasteiger partial charge in [-0.05, 0) is 11.6 Å². The van der Waals surface area contributed by atoms with Crippen LogP contribution >= 0.6 is 0 Å². The molecule has 0 radical (unpaired) electrons. The molecule has 1 saturated heterocycles. The minimum absolute atomic E-state index is 0.216. The number of aromatic amines is 1. The SMILES string of the molecule is O=C1NC(Cc2ccccc2)C(=O)N/C1=C\c1cnc[nH]1. The zero-order valence-corrected chi connectivity index (χ0v) is 11.2. The average Bonchev–Trinajstić information content (AvgIpc) is 2.98. The highest BCUT2D eigenvalue weighted by Crippen LogP contribution is 2.10. The second kappa shape index (κ2) is 5.62. The Labute approximate surface area is 121 Å². The molecular weight excluding hydrogens is 268 g/mol. The maximum atomic E-state index is 12.1. The zero-order chi connectivity index (χ0) is 14.7. The van der Waals surface area contributed by atoms with Gasteiger partial charge in [-0.3, -0.25) is 9.59 Å². The van der Waals surface area contributed by atoms with Crippen LogP contribution in [-0.4, -0.2) is 27.8 Å². The van der Waals surface area contributed by atoms with Gasteiger partial charge in [0, 0.05) is 6.42 Å². The van der Waals surface area contributed by atoms with E-state index in [1.165, 1.54) is 6.33 Å². The van der Waals surface area contributed by atoms with Gasteiger partial charge in [0.15, 0.2) is 0 Å². The largest absolute Gasteiger partial charge is 0.345 e. The Kier molecular flexibility index (Phi) is 3.51. The molecule has 0 saturated carbocycles. The molecule has 2 heterocycles. The van der Waals surface area contributed by atoms with Crippen LogP contribution < -0.4 is 10.6 Å². The first-order chi connectivity index (χ1) is 10.2. The quantitative estimate of drug-likeness (QED) is 0.721. The normalized spacial score (nSPS) is 20.2. The molecule has 3 N–H and O–H groups in total. The van der Waals surface area contributed by atoms with Crippen LogP contribution in [0.2, 0.25) is 0 Å². The van der Waals surface area contributed by atoms with E-state index in [4.69, 9.17) is 0 Å². The van der Waals surface area contributed by atoms with Crippen LogP contribution in [0, 0.1) is 0 Å². The number of rotatable bonds is 3. The van der Waals surface area contributed by atoms with Crippen molar-refractivity contribution in [1.29, 1.82) is 0 Å². The summed E-state index contributed by atoms with van der Waals surface area (Å²) in [5.41, 5.74) is 1.87. The third-order valence-corrected chi connectivity index (χ3v) is 3.23. The van der Waals surface area contributed by atoms with Crippen molar-refractivity contribution in [2.45, 2.75) is 12.5 Å². The molecule has 1 fully saturated rings. The fraction of sp³-hybridized carbons (Fsp3) is 0.133. The third kappa shape index (κ3) is 3.00. The van der Waals surface area contributed by atoms with Crippen LogP contribution in [0.1, 0.15) is 11.3 Å². The zero-order valence-electron chi connectivity index (χ0n) is 11.2. The number of amides is 2. The summed E-state index contributed by atoms with van der Waals surface area (Å²) < 4.78 is 0. The molecule has 0 bridgehead atoms. The van der Waals surface area contributed by atoms with Crippen LogP contribution in [0.15, 0.2) is 48.6 Å². The Bertz CT molecular complexity index is 677. The second-order valence-corrected chi connectivity index (χ2v) is 4.77. The van der Waals surface area contributed by atoms with Gasteiger partial charge in [0.05, 0.1) is 18.2 Å². The highest BCUT2D eigenvalue weighted by molar-refractivity contribution is 6.07. The van der Waals surface area contributed by atoms with Crippen LogP contribution in [0.4, 0.5) is 0 Å². The first kappa shape index (κ1) is 13.1. The van der Waals surface area contributed by atoms with E-state index in [2.05, 4.69) is 20.6 Å². The number of hydrogen-bond donors (Lipinski definition) is 3. The molecule has 0 spiro atoms. The molecule has 2 amide bonds. The van der Waals surface area contributed by atoms with E-state index >= 15 is 0 Å². The monoisotopic (exact) mass is 282 g/mol. The number of piperazine rings is 1. The molecule has 0 aliphatic carbocycles. The van der Waals surface area contributed by atoms with Gasteiger partial charge in [-0.2, -0.15) is 0 Å². The highest BCUT2D eigenvalue weighted by atomic mass is 16.2. The summed E-state index contributed by atoms with van der Waals surface area (Å²) in [5.74, 6) is -0.519. The van der Waals surface area contributed by atoms with Gasteiger partial charge >= 0.3 is 0 Å². The maximum Gasteiger partial charge on any atom is 0.268 e. The molecule has 1 aliphatic rings. The summed E-state index contributed by atoms with van der Waals surface area (Å²) in [7, 11) is 0. The molecule has 6 heteroatoms. The van der Waals surface area contributed by atoms with E-state index in [0.717, 1.165) is 5.56 Å². The molecule has 1 aromatic heterocycles. The number of nitrogens with one attached hydrogen (secondary N) is 3. The predicted molar refractivity (Wildman–Crippen MR) is 76.8 cm³/mol. The Balaban J connectivity index is 1.73. The van der Waals surface area contributed by atoms with E-state index < -0.39 is 6.04 Å². The number of carbonyl (C=O) groups excluding carboxylic acids is 2. The molecule has 6 nitrogen and oxygen atoms in total. The van der Waals surface area contributed by atoms with Crippen LogP contribution in [0.5, 0.6) is 0 Å². The lowest BCUT2D eigenvalue weighted by Crippen LogP contribution is -2.55. The van der Waals surface area contributed by atoms with Crippen molar-refractivity contribution in [1.82, 2.24) is 20.6 Å². The van der Waals surface area contributed by atoms with E-state index in [-0.39, 0.29) is 17.5 Å². The van der Waals surface area contributed by atoms with Gasteiger partial charge in [-0.1, -0.05) is 30.3 Å². The molecular formula is C15H14N4O2. The highest BCUT2D eigenvalue weighted by Gasteiger charge is 2.29. The van der Waals surface area contributed by atoms with Crippen molar-refractivity contribution in [2.75, 3.05) is 0 Å². The van der Waals surface area contributed by atoms with E-state index in [1.807, 2.05) is 30.3 Å². The second-order valence-electron chi connectivity index (χ2n) is 4.77. The molecule has 1 unspecified atom stereocenters. The van der Waals surface area contributed by atoms with Gasteiger partial charge < -0.3 is 15.6 Å². The summed E-state index contributed by atoms with van der Waals surface area (Å²) in [5, 5.41) is 5.36. The number of benzene rings is 1.